The zero-order valence-corrected chi connectivity index (χ0v) is 18.8. The minimum Gasteiger partial charge on any atom is -0.508 e. The topological polar surface area (TPSA) is 127 Å². The second-order valence-corrected chi connectivity index (χ2v) is 7.84. The Hall–Kier alpha value is -4.52. The third-order valence-corrected chi connectivity index (χ3v) is 5.52. The van der Waals surface area contributed by atoms with E-state index >= 15 is 0 Å². The maximum Gasteiger partial charge on any atom is 0.332 e. The van der Waals surface area contributed by atoms with Gasteiger partial charge >= 0.3 is 5.69 Å². The second kappa shape index (κ2) is 9.54. The van der Waals surface area contributed by atoms with Crippen molar-refractivity contribution in [3.8, 4) is 17.6 Å². The number of aromatic hydroxyl groups is 1. The average molecular weight is 460 g/mol. The molecule has 2 heterocycles. The molecule has 0 fully saturated rings. The lowest BCUT2D eigenvalue weighted by atomic mass is 10.1. The first kappa shape index (κ1) is 22.7. The first-order chi connectivity index (χ1) is 16.4. The van der Waals surface area contributed by atoms with Crippen LogP contribution in [0.5, 0.6) is 11.5 Å². The molecule has 0 aliphatic heterocycles. The standard InChI is InChI=1S/C24H24N6O4/c1-28-22-21(23(32)29(2)24(28)33)26-15-30(22)11-4-12-34-19-9-7-16(8-10-19)20(14-25)27-17-5-3-6-18(31)13-17/h3,5-10,13,15,20,27,31H,4,11-12H2,1-2H3. The van der Waals surface area contributed by atoms with E-state index in [1.165, 1.54) is 11.6 Å². The first-order valence-electron chi connectivity index (χ1n) is 10.7. The highest BCUT2D eigenvalue weighted by molar-refractivity contribution is 5.69. The molecule has 1 atom stereocenters. The van der Waals surface area contributed by atoms with E-state index in [1.807, 2.05) is 12.1 Å². The smallest absolute Gasteiger partial charge is 0.332 e. The van der Waals surface area contributed by atoms with E-state index in [0.29, 0.717) is 36.7 Å². The van der Waals surface area contributed by atoms with Gasteiger partial charge in [0.05, 0.1) is 19.0 Å². The lowest BCUT2D eigenvalue weighted by Crippen LogP contribution is -2.37. The Morgan fingerprint density at radius 3 is 2.62 bits per heavy atom. The summed E-state index contributed by atoms with van der Waals surface area (Å²) in [6.45, 7) is 0.945. The maximum atomic E-state index is 12.3. The monoisotopic (exact) mass is 460 g/mol. The van der Waals surface area contributed by atoms with Crippen LogP contribution in [-0.4, -0.2) is 30.4 Å². The van der Waals surface area contributed by atoms with Crippen molar-refractivity contribution in [1.29, 1.82) is 5.26 Å². The number of rotatable bonds is 8. The number of nitrogens with zero attached hydrogens (tertiary/aromatic N) is 5. The number of fused-ring (bicyclic) bond motifs is 1. The number of aryl methyl sites for hydroxylation is 2. The Morgan fingerprint density at radius 1 is 1.15 bits per heavy atom. The van der Waals surface area contributed by atoms with Crippen LogP contribution in [0, 0.1) is 11.3 Å². The molecule has 174 valence electrons. The molecule has 2 N–H and O–H groups in total. The first-order valence-corrected chi connectivity index (χ1v) is 10.7. The fraction of sp³-hybridized carbons (Fsp3) is 0.250. The molecule has 0 aliphatic carbocycles. The Balaban J connectivity index is 1.36. The molecule has 2 aromatic carbocycles. The fourth-order valence-electron chi connectivity index (χ4n) is 3.74. The molecule has 0 radical (unpaired) electrons. The van der Waals surface area contributed by atoms with Gasteiger partial charge in [-0.2, -0.15) is 5.26 Å². The van der Waals surface area contributed by atoms with Crippen molar-refractivity contribution in [2.75, 3.05) is 11.9 Å². The van der Waals surface area contributed by atoms with Gasteiger partial charge in [-0.1, -0.05) is 18.2 Å². The molecule has 0 spiro atoms. The molecule has 10 heteroatoms. The van der Waals surface area contributed by atoms with E-state index in [9.17, 15) is 20.0 Å². The van der Waals surface area contributed by atoms with Gasteiger partial charge in [0.1, 0.15) is 23.2 Å². The van der Waals surface area contributed by atoms with Gasteiger partial charge < -0.3 is 19.7 Å². The Bertz CT molecular complexity index is 1480. The lowest BCUT2D eigenvalue weighted by molar-refractivity contribution is 0.302. The Labute approximate surface area is 194 Å². The van der Waals surface area contributed by atoms with Crippen LogP contribution in [0.3, 0.4) is 0 Å². The van der Waals surface area contributed by atoms with Crippen molar-refractivity contribution >= 4 is 16.9 Å². The molecule has 0 saturated carbocycles. The van der Waals surface area contributed by atoms with Crippen molar-refractivity contribution in [1.82, 2.24) is 18.7 Å². The van der Waals surface area contributed by atoms with E-state index in [0.717, 1.165) is 10.1 Å². The highest BCUT2D eigenvalue weighted by Gasteiger charge is 2.14. The lowest BCUT2D eigenvalue weighted by Gasteiger charge is -2.14. The number of imidazole rings is 1. The summed E-state index contributed by atoms with van der Waals surface area (Å²) < 4.78 is 10.0. The van der Waals surface area contributed by atoms with E-state index in [1.54, 1.807) is 54.3 Å². The SMILES string of the molecule is Cn1c(=O)c2ncn(CCCOc3ccc(C(C#N)Nc4cccc(O)c4)cc3)c2n(C)c1=O. The van der Waals surface area contributed by atoms with Crippen molar-refractivity contribution in [2.45, 2.75) is 19.0 Å². The minimum atomic E-state index is -0.579. The predicted octanol–water partition coefficient (Wildman–Crippen LogP) is 2.29. The van der Waals surface area contributed by atoms with Gasteiger partial charge in [-0.3, -0.25) is 13.9 Å². The van der Waals surface area contributed by atoms with Gasteiger partial charge in [0.2, 0.25) is 0 Å². The summed E-state index contributed by atoms with van der Waals surface area (Å²) in [5.74, 6) is 0.786. The third-order valence-electron chi connectivity index (χ3n) is 5.52. The third kappa shape index (κ3) is 4.49. The highest BCUT2D eigenvalue weighted by atomic mass is 16.5. The molecule has 2 aromatic heterocycles. The van der Waals surface area contributed by atoms with E-state index < -0.39 is 17.3 Å². The number of phenolic OH excluding ortho intramolecular Hbond substituents is 1. The van der Waals surface area contributed by atoms with Crippen LogP contribution in [0.1, 0.15) is 18.0 Å². The number of nitriles is 1. The summed E-state index contributed by atoms with van der Waals surface area (Å²) in [7, 11) is 3.05. The molecule has 4 rings (SSSR count). The van der Waals surface area contributed by atoms with Crippen molar-refractivity contribution in [2.24, 2.45) is 14.1 Å². The zero-order valence-electron chi connectivity index (χ0n) is 18.8. The van der Waals surface area contributed by atoms with Crippen LogP contribution < -0.4 is 21.3 Å². The molecule has 0 bridgehead atoms. The number of hydrogen-bond acceptors (Lipinski definition) is 7. The molecular formula is C24H24N6O4. The van der Waals surface area contributed by atoms with E-state index in [4.69, 9.17) is 4.74 Å². The van der Waals surface area contributed by atoms with Crippen LogP contribution in [0.15, 0.2) is 64.4 Å². The number of ether oxygens (including phenoxy) is 1. The Morgan fingerprint density at radius 2 is 1.91 bits per heavy atom. The normalized spacial score (nSPS) is 11.8. The zero-order chi connectivity index (χ0) is 24.2. The van der Waals surface area contributed by atoms with Crippen molar-refractivity contribution < 1.29 is 9.84 Å². The molecule has 10 nitrogen and oxygen atoms in total. The van der Waals surface area contributed by atoms with Crippen LogP contribution in [0.2, 0.25) is 0 Å². The number of anilines is 1. The molecule has 0 amide bonds. The van der Waals surface area contributed by atoms with Crippen LogP contribution in [0.4, 0.5) is 5.69 Å². The second-order valence-electron chi connectivity index (χ2n) is 7.84. The number of benzene rings is 2. The largest absolute Gasteiger partial charge is 0.508 e. The van der Waals surface area contributed by atoms with Crippen LogP contribution in [0.25, 0.3) is 11.2 Å². The van der Waals surface area contributed by atoms with Gasteiger partial charge in [-0.15, -0.1) is 0 Å². The number of phenols is 1. The average Bonchev–Trinajstić information content (AvgIpc) is 3.27. The molecule has 0 saturated heterocycles. The molecule has 1 unspecified atom stereocenters. The summed E-state index contributed by atoms with van der Waals surface area (Å²) in [5, 5.41) is 22.2. The fourth-order valence-corrected chi connectivity index (χ4v) is 3.74. The number of aromatic nitrogens is 4. The quantitative estimate of drug-likeness (QED) is 0.386. The minimum absolute atomic E-state index is 0.124. The molecular weight excluding hydrogens is 436 g/mol. The van der Waals surface area contributed by atoms with Gasteiger partial charge in [0, 0.05) is 32.4 Å². The Kier molecular flexibility index (Phi) is 6.36. The number of hydrogen-bond donors (Lipinski definition) is 2. The summed E-state index contributed by atoms with van der Waals surface area (Å²) in [5.41, 5.74) is 1.35. The predicted molar refractivity (Wildman–Crippen MR) is 127 cm³/mol. The summed E-state index contributed by atoms with van der Waals surface area (Å²) >= 11 is 0. The maximum absolute atomic E-state index is 12.3. The molecule has 34 heavy (non-hydrogen) atoms. The van der Waals surface area contributed by atoms with E-state index in [2.05, 4.69) is 16.4 Å². The van der Waals surface area contributed by atoms with Gasteiger partial charge in [0.25, 0.3) is 5.56 Å². The van der Waals surface area contributed by atoms with Crippen molar-refractivity contribution in [3.63, 3.8) is 0 Å². The summed E-state index contributed by atoms with van der Waals surface area (Å²) in [6, 6.07) is 15.5. The highest BCUT2D eigenvalue weighted by Crippen LogP contribution is 2.24. The number of nitrogens with one attached hydrogen (secondary N) is 1. The van der Waals surface area contributed by atoms with Crippen LogP contribution in [-0.2, 0) is 20.6 Å². The molecule has 0 aliphatic rings. The van der Waals surface area contributed by atoms with Gasteiger partial charge in [-0.05, 0) is 36.2 Å². The van der Waals surface area contributed by atoms with Crippen molar-refractivity contribution in [3.05, 3.63) is 81.3 Å². The van der Waals surface area contributed by atoms with Gasteiger partial charge in [-0.25, -0.2) is 9.78 Å². The van der Waals surface area contributed by atoms with Gasteiger partial charge in [0.15, 0.2) is 5.52 Å². The summed E-state index contributed by atoms with van der Waals surface area (Å²) in [4.78, 5) is 28.6. The van der Waals surface area contributed by atoms with Crippen LogP contribution >= 0.6 is 0 Å². The van der Waals surface area contributed by atoms with E-state index in [-0.39, 0.29) is 11.3 Å². The summed E-state index contributed by atoms with van der Waals surface area (Å²) in [6.07, 6.45) is 2.19. The molecule has 4 aromatic rings.